The average molecular weight is 341 g/mol. The highest BCUT2D eigenvalue weighted by atomic mass is 35.5. The quantitative estimate of drug-likeness (QED) is 0.348. The highest BCUT2D eigenvalue weighted by Crippen LogP contribution is 2.30. The monoisotopic (exact) mass is 340 g/mol. The Morgan fingerprint density at radius 1 is 1.30 bits per heavy atom. The Kier molecular flexibility index (Phi) is 8.47. The maximum atomic E-state index is 10.3. The van der Waals surface area contributed by atoms with Crippen molar-refractivity contribution in [1.29, 1.82) is 0 Å². The normalized spacial score (nSPS) is 30.3. The summed E-state index contributed by atoms with van der Waals surface area (Å²) in [4.78, 5) is 0. The third-order valence-corrected chi connectivity index (χ3v) is 5.20. The number of aliphatic hydroxyl groups is 1. The van der Waals surface area contributed by atoms with Crippen LogP contribution in [-0.4, -0.2) is 42.5 Å². The Bertz CT molecular complexity index is 420. The molecule has 0 aromatic carbocycles. The molecule has 130 valence electrons. The van der Waals surface area contributed by atoms with Gasteiger partial charge >= 0.3 is 0 Å². The molecule has 4 heteroatoms. The summed E-state index contributed by atoms with van der Waals surface area (Å²) in [5.74, 6) is 6.68. The summed E-state index contributed by atoms with van der Waals surface area (Å²) >= 11 is 6.36. The Balaban J connectivity index is 1.85. The maximum Gasteiger partial charge on any atom is 0.122 e. The van der Waals surface area contributed by atoms with Gasteiger partial charge in [-0.3, -0.25) is 0 Å². The summed E-state index contributed by atoms with van der Waals surface area (Å²) in [6.45, 7) is 3.87. The number of hydrogen-bond acceptors (Lipinski definition) is 3. The molecule has 23 heavy (non-hydrogen) atoms. The second-order valence-electron chi connectivity index (χ2n) is 6.43. The van der Waals surface area contributed by atoms with E-state index in [1.807, 2.05) is 13.0 Å². The van der Waals surface area contributed by atoms with Gasteiger partial charge in [-0.1, -0.05) is 43.3 Å². The number of alkyl halides is 1. The first-order valence-corrected chi connectivity index (χ1v) is 9.33. The lowest BCUT2D eigenvalue weighted by Crippen LogP contribution is -2.23. The van der Waals surface area contributed by atoms with Crippen LogP contribution in [0.3, 0.4) is 0 Å². The van der Waals surface area contributed by atoms with Gasteiger partial charge in [0.25, 0.3) is 0 Å². The third kappa shape index (κ3) is 6.12. The van der Waals surface area contributed by atoms with Gasteiger partial charge in [-0.25, -0.2) is 0 Å². The van der Waals surface area contributed by atoms with Crippen LogP contribution in [0.2, 0.25) is 0 Å². The van der Waals surface area contributed by atoms with Crippen LogP contribution < -0.4 is 0 Å². The summed E-state index contributed by atoms with van der Waals surface area (Å²) in [6.07, 6.45) is 10.1. The van der Waals surface area contributed by atoms with E-state index in [1.165, 1.54) is 19.3 Å². The number of halogens is 1. The first-order valence-electron chi connectivity index (χ1n) is 8.90. The van der Waals surface area contributed by atoms with E-state index in [0.717, 1.165) is 25.9 Å². The molecule has 0 aromatic heterocycles. The van der Waals surface area contributed by atoms with Gasteiger partial charge in [-0.2, -0.15) is 0 Å². The van der Waals surface area contributed by atoms with Gasteiger partial charge in [0.15, 0.2) is 0 Å². The summed E-state index contributed by atoms with van der Waals surface area (Å²) in [5.41, 5.74) is 0. The van der Waals surface area contributed by atoms with Gasteiger partial charge in [0, 0.05) is 12.5 Å². The number of rotatable bonds is 6. The molecular weight excluding hydrogens is 312 g/mol. The number of ether oxygens (including phenoxy) is 2. The average Bonchev–Trinajstić information content (AvgIpc) is 2.93. The second kappa shape index (κ2) is 10.4. The zero-order chi connectivity index (χ0) is 16.5. The van der Waals surface area contributed by atoms with Crippen LogP contribution in [0.5, 0.6) is 0 Å². The highest BCUT2D eigenvalue weighted by molar-refractivity contribution is 6.21. The standard InChI is InChI=1S/C19H29ClO3/c1-2-22-13-7-6-10-16-17(20)14-23-19(16)12-11-18(21)15-8-4-3-5-9-15/h6-7,15-19,21H,2-5,8-10,13-14H2,1H3/b7-6+. The number of allylic oxidation sites excluding steroid dienone is 1. The molecule has 1 aliphatic heterocycles. The van der Waals surface area contributed by atoms with Gasteiger partial charge in [-0.05, 0) is 32.1 Å². The smallest absolute Gasteiger partial charge is 0.122 e. The van der Waals surface area contributed by atoms with Gasteiger partial charge in [0.2, 0.25) is 0 Å². The number of aliphatic hydroxyl groups excluding tert-OH is 1. The predicted octanol–water partition coefficient (Wildman–Crippen LogP) is 3.54. The first kappa shape index (κ1) is 18.8. The molecule has 1 N–H and O–H groups in total. The summed E-state index contributed by atoms with van der Waals surface area (Å²) in [6, 6.07) is 0. The molecule has 1 aliphatic carbocycles. The lowest BCUT2D eigenvalue weighted by Gasteiger charge is -2.23. The largest absolute Gasteiger partial charge is 0.380 e. The molecule has 1 heterocycles. The van der Waals surface area contributed by atoms with Crippen molar-refractivity contribution in [3.8, 4) is 11.8 Å². The zero-order valence-corrected chi connectivity index (χ0v) is 14.8. The third-order valence-electron chi connectivity index (χ3n) is 4.75. The minimum Gasteiger partial charge on any atom is -0.380 e. The topological polar surface area (TPSA) is 38.7 Å². The minimum absolute atomic E-state index is 0.0159. The molecule has 2 aliphatic rings. The fourth-order valence-corrected chi connectivity index (χ4v) is 3.60. The Hall–Kier alpha value is -0.530. The lowest BCUT2D eigenvalue weighted by atomic mass is 9.85. The van der Waals surface area contributed by atoms with Crippen molar-refractivity contribution in [2.45, 2.75) is 63.0 Å². The molecule has 2 fully saturated rings. The van der Waals surface area contributed by atoms with E-state index in [1.54, 1.807) is 0 Å². The molecule has 0 aromatic rings. The van der Waals surface area contributed by atoms with Crippen molar-refractivity contribution in [2.24, 2.45) is 11.8 Å². The van der Waals surface area contributed by atoms with E-state index in [2.05, 4.69) is 17.9 Å². The molecule has 0 bridgehead atoms. The van der Waals surface area contributed by atoms with E-state index in [-0.39, 0.29) is 17.4 Å². The Morgan fingerprint density at radius 3 is 2.83 bits per heavy atom. The fourth-order valence-electron chi connectivity index (χ4n) is 3.29. The van der Waals surface area contributed by atoms with Gasteiger partial charge in [-0.15, -0.1) is 11.6 Å². The molecule has 3 nitrogen and oxygen atoms in total. The van der Waals surface area contributed by atoms with E-state index < -0.39 is 6.10 Å². The van der Waals surface area contributed by atoms with Crippen molar-refractivity contribution >= 4 is 11.6 Å². The van der Waals surface area contributed by atoms with Gasteiger partial charge in [0.1, 0.15) is 12.2 Å². The molecule has 4 atom stereocenters. The zero-order valence-electron chi connectivity index (χ0n) is 14.0. The van der Waals surface area contributed by atoms with Crippen molar-refractivity contribution in [3.05, 3.63) is 12.2 Å². The van der Waals surface area contributed by atoms with Crippen molar-refractivity contribution in [1.82, 2.24) is 0 Å². The van der Waals surface area contributed by atoms with E-state index in [4.69, 9.17) is 21.1 Å². The van der Waals surface area contributed by atoms with Crippen LogP contribution in [0.1, 0.15) is 45.4 Å². The van der Waals surface area contributed by atoms with Crippen LogP contribution >= 0.6 is 11.6 Å². The van der Waals surface area contributed by atoms with Crippen molar-refractivity contribution in [3.63, 3.8) is 0 Å². The van der Waals surface area contributed by atoms with Crippen molar-refractivity contribution < 1.29 is 14.6 Å². The fraction of sp³-hybridized carbons (Fsp3) is 0.789. The highest BCUT2D eigenvalue weighted by Gasteiger charge is 2.34. The van der Waals surface area contributed by atoms with E-state index >= 15 is 0 Å². The van der Waals surface area contributed by atoms with Crippen LogP contribution in [-0.2, 0) is 9.47 Å². The molecule has 0 radical (unpaired) electrons. The van der Waals surface area contributed by atoms with Crippen LogP contribution in [0.15, 0.2) is 12.2 Å². The van der Waals surface area contributed by atoms with Crippen LogP contribution in [0.25, 0.3) is 0 Å². The molecule has 1 saturated carbocycles. The lowest BCUT2D eigenvalue weighted by molar-refractivity contribution is 0.126. The molecule has 0 spiro atoms. The van der Waals surface area contributed by atoms with Gasteiger partial charge in [0.05, 0.1) is 18.6 Å². The summed E-state index contributed by atoms with van der Waals surface area (Å²) < 4.78 is 11.0. The predicted molar refractivity (Wildman–Crippen MR) is 93.5 cm³/mol. The molecule has 4 unspecified atom stereocenters. The minimum atomic E-state index is -0.526. The Labute approximate surface area is 145 Å². The Morgan fingerprint density at radius 2 is 2.09 bits per heavy atom. The van der Waals surface area contributed by atoms with Crippen molar-refractivity contribution in [2.75, 3.05) is 19.8 Å². The van der Waals surface area contributed by atoms with E-state index in [9.17, 15) is 5.11 Å². The first-order chi connectivity index (χ1) is 11.2. The number of hydrogen-bond donors (Lipinski definition) is 1. The second-order valence-corrected chi connectivity index (χ2v) is 6.99. The van der Waals surface area contributed by atoms with Gasteiger partial charge < -0.3 is 14.6 Å². The molecular formula is C19H29ClO3. The van der Waals surface area contributed by atoms with Crippen LogP contribution in [0.4, 0.5) is 0 Å². The maximum absolute atomic E-state index is 10.3. The summed E-state index contributed by atoms with van der Waals surface area (Å²) in [7, 11) is 0. The van der Waals surface area contributed by atoms with E-state index in [0.29, 0.717) is 19.1 Å². The molecule has 0 amide bonds. The van der Waals surface area contributed by atoms with Crippen LogP contribution in [0, 0.1) is 23.7 Å². The molecule has 2 rings (SSSR count). The molecule has 1 saturated heterocycles. The SMILES string of the molecule is CCOC/C=C/CC1C(Cl)COC1C#CC(O)C1CCCCC1. The summed E-state index contributed by atoms with van der Waals surface area (Å²) in [5, 5.41) is 10.3.